The van der Waals surface area contributed by atoms with E-state index in [-0.39, 0.29) is 5.91 Å². The van der Waals surface area contributed by atoms with Crippen LogP contribution >= 0.6 is 11.8 Å². The maximum Gasteiger partial charge on any atom is 0.234 e. The number of carbonyl (C=O) groups is 1. The van der Waals surface area contributed by atoms with Crippen LogP contribution in [0.25, 0.3) is 0 Å². The largest absolute Gasteiger partial charge is 0.325 e. The molecule has 23 heavy (non-hydrogen) atoms. The number of carbonyl (C=O) groups excluding carboxylic acids is 1. The van der Waals surface area contributed by atoms with Gasteiger partial charge in [0, 0.05) is 11.4 Å². The second-order valence-corrected chi connectivity index (χ2v) is 6.82. The van der Waals surface area contributed by atoms with Crippen molar-refractivity contribution in [1.29, 1.82) is 0 Å². The maximum atomic E-state index is 12.0. The van der Waals surface area contributed by atoms with Gasteiger partial charge in [0.15, 0.2) is 0 Å². The van der Waals surface area contributed by atoms with Gasteiger partial charge in [-0.05, 0) is 43.0 Å². The molecule has 1 amide bonds. The summed E-state index contributed by atoms with van der Waals surface area (Å²) in [6.07, 6.45) is 3.52. The van der Waals surface area contributed by atoms with Crippen LogP contribution in [0.2, 0.25) is 0 Å². The first-order valence-electron chi connectivity index (χ1n) is 8.19. The summed E-state index contributed by atoms with van der Waals surface area (Å²) in [4.78, 5) is 12.0. The molecule has 0 aliphatic heterocycles. The molecule has 0 fully saturated rings. The van der Waals surface area contributed by atoms with Crippen molar-refractivity contribution in [2.45, 2.75) is 38.9 Å². The molecule has 0 bridgehead atoms. The Morgan fingerprint density at radius 1 is 1.09 bits per heavy atom. The monoisotopic (exact) mass is 327 g/mol. The van der Waals surface area contributed by atoms with Crippen molar-refractivity contribution in [2.24, 2.45) is 0 Å². The highest BCUT2D eigenvalue weighted by molar-refractivity contribution is 7.99. The minimum atomic E-state index is 0.0592. The Hall–Kier alpha value is -1.74. The number of thioether (sulfide) groups is 1. The first-order chi connectivity index (χ1) is 11.2. The predicted octanol–water partition coefficient (Wildman–Crippen LogP) is 5.21. The van der Waals surface area contributed by atoms with Gasteiger partial charge < -0.3 is 5.32 Å². The summed E-state index contributed by atoms with van der Waals surface area (Å²) in [7, 11) is 0. The lowest BCUT2D eigenvalue weighted by atomic mass is 10.1. The lowest BCUT2D eigenvalue weighted by Crippen LogP contribution is -2.14. The van der Waals surface area contributed by atoms with Crippen LogP contribution in [-0.2, 0) is 17.0 Å². The molecule has 2 aromatic rings. The number of hydrogen-bond donors (Lipinski definition) is 1. The average molecular weight is 327 g/mol. The highest BCUT2D eigenvalue weighted by Gasteiger charge is 2.03. The summed E-state index contributed by atoms with van der Waals surface area (Å²) in [6.45, 7) is 4.29. The van der Waals surface area contributed by atoms with Gasteiger partial charge in [0.2, 0.25) is 5.91 Å². The molecule has 1 N–H and O–H groups in total. The summed E-state index contributed by atoms with van der Waals surface area (Å²) < 4.78 is 0. The molecule has 3 heteroatoms. The zero-order valence-corrected chi connectivity index (χ0v) is 14.8. The zero-order valence-electron chi connectivity index (χ0n) is 14.0. The van der Waals surface area contributed by atoms with Crippen molar-refractivity contribution in [3.8, 4) is 0 Å². The minimum absolute atomic E-state index is 0.0592. The Labute approximate surface area is 143 Å². The van der Waals surface area contributed by atoms with Gasteiger partial charge >= 0.3 is 0 Å². The van der Waals surface area contributed by atoms with E-state index in [4.69, 9.17) is 0 Å². The Morgan fingerprint density at radius 3 is 2.57 bits per heavy atom. The summed E-state index contributed by atoms with van der Waals surface area (Å²) in [5.41, 5.74) is 4.74. The quantitative estimate of drug-likeness (QED) is 0.721. The van der Waals surface area contributed by atoms with E-state index in [1.165, 1.54) is 29.5 Å². The number of aryl methyl sites for hydroxylation is 2. The van der Waals surface area contributed by atoms with Gasteiger partial charge in [0.05, 0.1) is 5.75 Å². The van der Waals surface area contributed by atoms with Gasteiger partial charge in [-0.1, -0.05) is 55.3 Å². The number of amides is 1. The van der Waals surface area contributed by atoms with Crippen LogP contribution in [-0.4, -0.2) is 11.7 Å². The molecule has 0 radical (unpaired) electrons. The SMILES string of the molecule is CCCCc1ccc(NC(=O)CSCc2cccc(C)c2)cc1. The van der Waals surface area contributed by atoms with Crippen molar-refractivity contribution < 1.29 is 4.79 Å². The van der Waals surface area contributed by atoms with Gasteiger partial charge in [-0.2, -0.15) is 0 Å². The molecule has 0 heterocycles. The fourth-order valence-electron chi connectivity index (χ4n) is 2.40. The van der Waals surface area contributed by atoms with Crippen LogP contribution < -0.4 is 5.32 Å². The van der Waals surface area contributed by atoms with E-state index in [2.05, 4.69) is 55.6 Å². The molecule has 0 atom stereocenters. The maximum absolute atomic E-state index is 12.0. The number of rotatable bonds is 8. The second-order valence-electron chi connectivity index (χ2n) is 5.83. The average Bonchev–Trinajstić information content (AvgIpc) is 2.54. The molecule has 0 saturated carbocycles. The van der Waals surface area contributed by atoms with E-state index in [9.17, 15) is 4.79 Å². The third-order valence-electron chi connectivity index (χ3n) is 3.64. The molecule has 0 spiro atoms. The molecule has 2 aromatic carbocycles. The smallest absolute Gasteiger partial charge is 0.234 e. The molecular formula is C20H25NOS. The zero-order chi connectivity index (χ0) is 16.5. The lowest BCUT2D eigenvalue weighted by molar-refractivity contribution is -0.113. The molecule has 0 saturated heterocycles. The first kappa shape index (κ1) is 17.6. The van der Waals surface area contributed by atoms with E-state index in [1.807, 2.05) is 12.1 Å². The summed E-state index contributed by atoms with van der Waals surface area (Å²) in [5.74, 6) is 1.40. The standard InChI is InChI=1S/C20H25NOS/c1-3-4-7-17-9-11-19(12-10-17)21-20(22)15-23-14-18-8-5-6-16(2)13-18/h5-6,8-13H,3-4,7,14-15H2,1-2H3,(H,21,22). The third kappa shape index (κ3) is 6.49. The predicted molar refractivity (Wildman–Crippen MR) is 101 cm³/mol. The molecular weight excluding hydrogens is 302 g/mol. The highest BCUT2D eigenvalue weighted by Crippen LogP contribution is 2.15. The van der Waals surface area contributed by atoms with Crippen molar-refractivity contribution >= 4 is 23.4 Å². The van der Waals surface area contributed by atoms with Crippen LogP contribution in [0.15, 0.2) is 48.5 Å². The van der Waals surface area contributed by atoms with E-state index >= 15 is 0 Å². The Bertz CT molecular complexity index is 622. The fraction of sp³-hybridized carbons (Fsp3) is 0.350. The normalized spacial score (nSPS) is 10.5. The number of anilines is 1. The Morgan fingerprint density at radius 2 is 1.87 bits per heavy atom. The third-order valence-corrected chi connectivity index (χ3v) is 4.64. The minimum Gasteiger partial charge on any atom is -0.325 e. The first-order valence-corrected chi connectivity index (χ1v) is 9.35. The number of hydrogen-bond acceptors (Lipinski definition) is 2. The van der Waals surface area contributed by atoms with Crippen molar-refractivity contribution in [1.82, 2.24) is 0 Å². The van der Waals surface area contributed by atoms with Crippen LogP contribution in [0, 0.1) is 6.92 Å². The van der Waals surface area contributed by atoms with Gasteiger partial charge in [0.25, 0.3) is 0 Å². The van der Waals surface area contributed by atoms with Crippen molar-refractivity contribution in [3.63, 3.8) is 0 Å². The number of benzene rings is 2. The molecule has 0 aromatic heterocycles. The van der Waals surface area contributed by atoms with Gasteiger partial charge in [-0.3, -0.25) is 4.79 Å². The molecule has 0 aliphatic rings. The van der Waals surface area contributed by atoms with Gasteiger partial charge in [0.1, 0.15) is 0 Å². The Kier molecular flexibility index (Phi) is 7.21. The Balaban J connectivity index is 1.74. The highest BCUT2D eigenvalue weighted by atomic mass is 32.2. The molecule has 122 valence electrons. The molecule has 2 rings (SSSR count). The van der Waals surface area contributed by atoms with Gasteiger partial charge in [-0.25, -0.2) is 0 Å². The van der Waals surface area contributed by atoms with Crippen LogP contribution in [0.4, 0.5) is 5.69 Å². The summed E-state index contributed by atoms with van der Waals surface area (Å²) in [5, 5.41) is 2.96. The summed E-state index contributed by atoms with van der Waals surface area (Å²) >= 11 is 1.64. The fourth-order valence-corrected chi connectivity index (χ4v) is 3.17. The molecule has 0 unspecified atom stereocenters. The second kappa shape index (κ2) is 9.41. The molecule has 0 aliphatic carbocycles. The van der Waals surface area contributed by atoms with E-state index in [1.54, 1.807) is 11.8 Å². The van der Waals surface area contributed by atoms with Crippen molar-refractivity contribution in [3.05, 3.63) is 65.2 Å². The van der Waals surface area contributed by atoms with Crippen LogP contribution in [0.3, 0.4) is 0 Å². The lowest BCUT2D eigenvalue weighted by Gasteiger charge is -2.07. The van der Waals surface area contributed by atoms with Crippen LogP contribution in [0.5, 0.6) is 0 Å². The van der Waals surface area contributed by atoms with E-state index < -0.39 is 0 Å². The van der Waals surface area contributed by atoms with E-state index in [0.29, 0.717) is 5.75 Å². The summed E-state index contributed by atoms with van der Waals surface area (Å²) in [6, 6.07) is 16.6. The topological polar surface area (TPSA) is 29.1 Å². The molecule has 2 nitrogen and oxygen atoms in total. The number of nitrogens with one attached hydrogen (secondary N) is 1. The number of unbranched alkanes of at least 4 members (excludes halogenated alkanes) is 1. The van der Waals surface area contributed by atoms with E-state index in [0.717, 1.165) is 17.9 Å². The van der Waals surface area contributed by atoms with Gasteiger partial charge in [-0.15, -0.1) is 11.8 Å². The van der Waals surface area contributed by atoms with Crippen molar-refractivity contribution in [2.75, 3.05) is 11.1 Å². The van der Waals surface area contributed by atoms with Crippen LogP contribution in [0.1, 0.15) is 36.5 Å².